The van der Waals surface area contributed by atoms with Crippen molar-refractivity contribution in [3.63, 3.8) is 0 Å². The summed E-state index contributed by atoms with van der Waals surface area (Å²) in [6.07, 6.45) is 4.95. The van der Waals surface area contributed by atoms with Crippen molar-refractivity contribution in [3.05, 3.63) is 60.4 Å². The quantitative estimate of drug-likeness (QED) is 0.758. The van der Waals surface area contributed by atoms with Gasteiger partial charge in [-0.15, -0.1) is 5.10 Å². The number of rotatable bonds is 4. The van der Waals surface area contributed by atoms with Gasteiger partial charge in [0.1, 0.15) is 5.82 Å². The molecule has 2 N–H and O–H groups in total. The summed E-state index contributed by atoms with van der Waals surface area (Å²) < 4.78 is 1.56. The predicted molar refractivity (Wildman–Crippen MR) is 75.8 cm³/mol. The molecule has 0 aliphatic rings. The standard InChI is InChI=1S/C14H14N6O/c1-10(13-15-7-8-16-13)17-14(21)12-9-20(19-18-12)11-5-3-2-4-6-11/h2-10H,1H3,(H,15,16)(H,17,21). The van der Waals surface area contributed by atoms with Crippen LogP contribution in [0.25, 0.3) is 5.69 Å². The number of carbonyl (C=O) groups excluding carboxylic acids is 1. The predicted octanol–water partition coefficient (Wildman–Crippen LogP) is 1.48. The number of hydrogen-bond acceptors (Lipinski definition) is 4. The van der Waals surface area contributed by atoms with Gasteiger partial charge in [0.05, 0.1) is 17.9 Å². The van der Waals surface area contributed by atoms with Gasteiger partial charge < -0.3 is 10.3 Å². The van der Waals surface area contributed by atoms with Crippen LogP contribution in [0, 0.1) is 0 Å². The summed E-state index contributed by atoms with van der Waals surface area (Å²) in [5.41, 5.74) is 1.11. The van der Waals surface area contributed by atoms with Gasteiger partial charge in [-0.2, -0.15) is 0 Å². The van der Waals surface area contributed by atoms with Crippen LogP contribution in [-0.2, 0) is 0 Å². The van der Waals surface area contributed by atoms with E-state index in [0.717, 1.165) is 5.69 Å². The molecule has 106 valence electrons. The molecule has 1 unspecified atom stereocenters. The number of imidazole rings is 1. The smallest absolute Gasteiger partial charge is 0.274 e. The molecule has 2 heterocycles. The number of nitrogens with zero attached hydrogens (tertiary/aromatic N) is 4. The third-order valence-electron chi connectivity index (χ3n) is 3.02. The van der Waals surface area contributed by atoms with Crippen molar-refractivity contribution in [1.82, 2.24) is 30.3 Å². The van der Waals surface area contributed by atoms with Crippen molar-refractivity contribution in [3.8, 4) is 5.69 Å². The van der Waals surface area contributed by atoms with Crippen LogP contribution in [0.4, 0.5) is 0 Å². The number of amides is 1. The summed E-state index contributed by atoms with van der Waals surface area (Å²) >= 11 is 0. The average Bonchev–Trinajstić information content (AvgIpc) is 3.20. The first-order chi connectivity index (χ1) is 10.2. The fourth-order valence-electron chi connectivity index (χ4n) is 1.93. The molecule has 0 saturated heterocycles. The van der Waals surface area contributed by atoms with Crippen LogP contribution in [0.15, 0.2) is 48.9 Å². The number of hydrogen-bond donors (Lipinski definition) is 2. The molecule has 0 bridgehead atoms. The molecular weight excluding hydrogens is 268 g/mol. The third-order valence-corrected chi connectivity index (χ3v) is 3.02. The molecular formula is C14H14N6O. The molecule has 1 atom stereocenters. The Morgan fingerprint density at radius 2 is 2.14 bits per heavy atom. The van der Waals surface area contributed by atoms with Crippen LogP contribution >= 0.6 is 0 Å². The second kappa shape index (κ2) is 5.58. The minimum Gasteiger partial charge on any atom is -0.347 e. The van der Waals surface area contributed by atoms with E-state index < -0.39 is 0 Å². The minimum atomic E-state index is -0.291. The lowest BCUT2D eigenvalue weighted by Gasteiger charge is -2.09. The van der Waals surface area contributed by atoms with E-state index in [1.807, 2.05) is 37.3 Å². The Hall–Kier alpha value is -2.96. The maximum atomic E-state index is 12.1. The van der Waals surface area contributed by atoms with Crippen molar-refractivity contribution in [2.45, 2.75) is 13.0 Å². The fraction of sp³-hybridized carbons (Fsp3) is 0.143. The van der Waals surface area contributed by atoms with Crippen molar-refractivity contribution >= 4 is 5.91 Å². The number of aromatic amines is 1. The maximum Gasteiger partial charge on any atom is 0.274 e. The zero-order chi connectivity index (χ0) is 14.7. The molecule has 0 spiro atoms. The Balaban J connectivity index is 1.73. The van der Waals surface area contributed by atoms with Crippen molar-refractivity contribution in [2.75, 3.05) is 0 Å². The summed E-state index contributed by atoms with van der Waals surface area (Å²) in [6, 6.07) is 9.27. The molecule has 0 aliphatic heterocycles. The van der Waals surface area contributed by atoms with Crippen LogP contribution in [-0.4, -0.2) is 30.9 Å². The second-order valence-corrected chi connectivity index (χ2v) is 4.55. The highest BCUT2D eigenvalue weighted by molar-refractivity contribution is 5.92. The molecule has 1 amide bonds. The maximum absolute atomic E-state index is 12.1. The minimum absolute atomic E-state index is 0.227. The van der Waals surface area contributed by atoms with Gasteiger partial charge in [-0.25, -0.2) is 9.67 Å². The van der Waals surface area contributed by atoms with E-state index in [1.54, 1.807) is 23.3 Å². The average molecular weight is 282 g/mol. The Morgan fingerprint density at radius 3 is 2.86 bits per heavy atom. The molecule has 21 heavy (non-hydrogen) atoms. The first-order valence-electron chi connectivity index (χ1n) is 6.52. The number of nitrogens with one attached hydrogen (secondary N) is 2. The Kier molecular flexibility index (Phi) is 3.46. The van der Waals surface area contributed by atoms with Crippen LogP contribution in [0.2, 0.25) is 0 Å². The van der Waals surface area contributed by atoms with Gasteiger partial charge in [-0.1, -0.05) is 23.4 Å². The zero-order valence-electron chi connectivity index (χ0n) is 11.4. The lowest BCUT2D eigenvalue weighted by atomic mass is 10.3. The molecule has 1 aromatic carbocycles. The molecule has 0 saturated carbocycles. The number of H-pyrrole nitrogens is 1. The van der Waals surface area contributed by atoms with E-state index in [1.165, 1.54) is 0 Å². The topological polar surface area (TPSA) is 88.5 Å². The zero-order valence-corrected chi connectivity index (χ0v) is 11.4. The van der Waals surface area contributed by atoms with Crippen LogP contribution in [0.5, 0.6) is 0 Å². The summed E-state index contributed by atoms with van der Waals surface area (Å²) in [7, 11) is 0. The lowest BCUT2D eigenvalue weighted by Crippen LogP contribution is -2.27. The number of para-hydroxylation sites is 1. The van der Waals surface area contributed by atoms with E-state index in [9.17, 15) is 4.79 Å². The van der Waals surface area contributed by atoms with Gasteiger partial charge in [-0.3, -0.25) is 4.79 Å². The highest BCUT2D eigenvalue weighted by Gasteiger charge is 2.16. The monoisotopic (exact) mass is 282 g/mol. The lowest BCUT2D eigenvalue weighted by molar-refractivity contribution is 0.0933. The van der Waals surface area contributed by atoms with E-state index in [2.05, 4.69) is 25.6 Å². The molecule has 2 aromatic heterocycles. The van der Waals surface area contributed by atoms with Gasteiger partial charge in [0, 0.05) is 12.4 Å². The highest BCUT2D eigenvalue weighted by Crippen LogP contribution is 2.08. The molecule has 0 radical (unpaired) electrons. The highest BCUT2D eigenvalue weighted by atomic mass is 16.2. The number of aromatic nitrogens is 5. The Bertz CT molecular complexity index is 719. The van der Waals surface area contributed by atoms with Gasteiger partial charge in [0.25, 0.3) is 5.91 Å². The van der Waals surface area contributed by atoms with Crippen LogP contribution in [0.1, 0.15) is 29.3 Å². The van der Waals surface area contributed by atoms with Crippen LogP contribution in [0.3, 0.4) is 0 Å². The normalized spacial score (nSPS) is 12.0. The van der Waals surface area contributed by atoms with E-state index in [0.29, 0.717) is 5.82 Å². The fourth-order valence-corrected chi connectivity index (χ4v) is 1.93. The summed E-state index contributed by atoms with van der Waals surface area (Å²) in [5.74, 6) is 0.403. The first kappa shape index (κ1) is 13.0. The van der Waals surface area contributed by atoms with Crippen molar-refractivity contribution in [2.24, 2.45) is 0 Å². The molecule has 0 fully saturated rings. The van der Waals surface area contributed by atoms with E-state index in [4.69, 9.17) is 0 Å². The third kappa shape index (κ3) is 2.81. The number of carbonyl (C=O) groups is 1. The molecule has 7 heteroatoms. The first-order valence-corrected chi connectivity index (χ1v) is 6.52. The van der Waals surface area contributed by atoms with E-state index >= 15 is 0 Å². The Morgan fingerprint density at radius 1 is 1.33 bits per heavy atom. The molecule has 3 aromatic rings. The van der Waals surface area contributed by atoms with Crippen LogP contribution < -0.4 is 5.32 Å². The van der Waals surface area contributed by atoms with Gasteiger partial charge in [-0.05, 0) is 19.1 Å². The van der Waals surface area contributed by atoms with Gasteiger partial charge >= 0.3 is 0 Å². The molecule has 3 rings (SSSR count). The van der Waals surface area contributed by atoms with Gasteiger partial charge in [0.15, 0.2) is 5.69 Å². The van der Waals surface area contributed by atoms with Crippen molar-refractivity contribution in [1.29, 1.82) is 0 Å². The molecule has 0 aliphatic carbocycles. The SMILES string of the molecule is CC(NC(=O)c1cn(-c2ccccc2)nn1)c1ncc[nH]1. The summed E-state index contributed by atoms with van der Waals surface area (Å²) in [5, 5.41) is 10.7. The molecule has 7 nitrogen and oxygen atoms in total. The number of benzene rings is 1. The summed E-state index contributed by atoms with van der Waals surface area (Å²) in [6.45, 7) is 1.85. The van der Waals surface area contributed by atoms with Gasteiger partial charge in [0.2, 0.25) is 0 Å². The largest absolute Gasteiger partial charge is 0.347 e. The second-order valence-electron chi connectivity index (χ2n) is 4.55. The summed E-state index contributed by atoms with van der Waals surface area (Å²) in [4.78, 5) is 19.2. The Labute approximate surface area is 121 Å². The van der Waals surface area contributed by atoms with E-state index in [-0.39, 0.29) is 17.6 Å². The van der Waals surface area contributed by atoms with Crippen molar-refractivity contribution < 1.29 is 4.79 Å².